The number of esters is 1. The standard InChI is InChI=1S/C12H14FNO2/c1-16-12(15)11(8-2-3-8)14-10-6-4-9(13)5-7-10/h4-8,11,14H,2-3H2,1H3. The van der Waals surface area contributed by atoms with Crippen LogP contribution in [0.2, 0.25) is 0 Å². The topological polar surface area (TPSA) is 38.3 Å². The SMILES string of the molecule is COC(=O)C(Nc1ccc(F)cc1)C1CC1. The summed E-state index contributed by atoms with van der Waals surface area (Å²) in [5.74, 6) is -0.198. The van der Waals surface area contributed by atoms with Crippen LogP contribution >= 0.6 is 0 Å². The average molecular weight is 223 g/mol. The molecule has 1 aromatic carbocycles. The number of hydrogen-bond acceptors (Lipinski definition) is 3. The number of rotatable bonds is 4. The molecular weight excluding hydrogens is 209 g/mol. The molecule has 0 radical (unpaired) electrons. The number of hydrogen-bond donors (Lipinski definition) is 1. The van der Waals surface area contributed by atoms with E-state index in [4.69, 9.17) is 4.74 Å². The Morgan fingerprint density at radius 1 is 1.44 bits per heavy atom. The Morgan fingerprint density at radius 2 is 2.06 bits per heavy atom. The molecule has 1 unspecified atom stereocenters. The Morgan fingerprint density at radius 3 is 2.56 bits per heavy atom. The smallest absolute Gasteiger partial charge is 0.328 e. The maximum atomic E-state index is 12.7. The average Bonchev–Trinajstić information content (AvgIpc) is 3.11. The van der Waals surface area contributed by atoms with Crippen LogP contribution in [-0.2, 0) is 9.53 Å². The van der Waals surface area contributed by atoms with Gasteiger partial charge in [-0.05, 0) is 43.0 Å². The first-order valence-corrected chi connectivity index (χ1v) is 5.30. The lowest BCUT2D eigenvalue weighted by Gasteiger charge is -2.16. The summed E-state index contributed by atoms with van der Waals surface area (Å²) in [4.78, 5) is 11.5. The van der Waals surface area contributed by atoms with E-state index in [1.807, 2.05) is 0 Å². The van der Waals surface area contributed by atoms with Crippen molar-refractivity contribution in [3.8, 4) is 0 Å². The van der Waals surface area contributed by atoms with Crippen LogP contribution in [-0.4, -0.2) is 19.1 Å². The number of anilines is 1. The van der Waals surface area contributed by atoms with E-state index in [0.717, 1.165) is 18.5 Å². The van der Waals surface area contributed by atoms with E-state index in [1.54, 1.807) is 12.1 Å². The van der Waals surface area contributed by atoms with Crippen molar-refractivity contribution in [1.82, 2.24) is 0 Å². The van der Waals surface area contributed by atoms with Gasteiger partial charge in [-0.1, -0.05) is 0 Å². The van der Waals surface area contributed by atoms with Gasteiger partial charge in [-0.15, -0.1) is 0 Å². The predicted molar refractivity (Wildman–Crippen MR) is 58.6 cm³/mol. The van der Waals surface area contributed by atoms with Crippen LogP contribution in [0.4, 0.5) is 10.1 Å². The molecule has 86 valence electrons. The third-order valence-corrected chi connectivity index (χ3v) is 2.71. The Labute approximate surface area is 93.6 Å². The summed E-state index contributed by atoms with van der Waals surface area (Å²) in [5.41, 5.74) is 0.740. The van der Waals surface area contributed by atoms with Gasteiger partial charge >= 0.3 is 5.97 Å². The van der Waals surface area contributed by atoms with E-state index in [-0.39, 0.29) is 17.8 Å². The Hall–Kier alpha value is -1.58. The van der Waals surface area contributed by atoms with Gasteiger partial charge < -0.3 is 10.1 Å². The molecule has 0 saturated heterocycles. The third kappa shape index (κ3) is 2.51. The van der Waals surface area contributed by atoms with Crippen LogP contribution in [0.5, 0.6) is 0 Å². The minimum absolute atomic E-state index is 0.258. The van der Waals surface area contributed by atoms with Crippen molar-refractivity contribution < 1.29 is 13.9 Å². The fourth-order valence-corrected chi connectivity index (χ4v) is 1.65. The molecule has 1 fully saturated rings. The van der Waals surface area contributed by atoms with Crippen molar-refractivity contribution in [3.05, 3.63) is 30.1 Å². The van der Waals surface area contributed by atoms with E-state index < -0.39 is 0 Å². The molecule has 1 N–H and O–H groups in total. The largest absolute Gasteiger partial charge is 0.467 e. The number of methoxy groups -OCH3 is 1. The number of benzene rings is 1. The number of carbonyl (C=O) groups is 1. The summed E-state index contributed by atoms with van der Waals surface area (Å²) in [7, 11) is 1.38. The van der Waals surface area contributed by atoms with Crippen molar-refractivity contribution in [2.75, 3.05) is 12.4 Å². The molecule has 1 saturated carbocycles. The molecule has 4 heteroatoms. The summed E-state index contributed by atoms with van der Waals surface area (Å²) in [5, 5.41) is 3.08. The molecule has 0 bridgehead atoms. The Bertz CT molecular complexity index is 373. The van der Waals surface area contributed by atoms with Crippen molar-refractivity contribution >= 4 is 11.7 Å². The highest BCUT2D eigenvalue weighted by Crippen LogP contribution is 2.34. The highest BCUT2D eigenvalue weighted by atomic mass is 19.1. The summed E-state index contributed by atoms with van der Waals surface area (Å²) in [6, 6.07) is 5.66. The first-order chi connectivity index (χ1) is 7.70. The van der Waals surface area contributed by atoms with E-state index in [0.29, 0.717) is 5.92 Å². The van der Waals surface area contributed by atoms with Gasteiger partial charge in [0.15, 0.2) is 0 Å². The van der Waals surface area contributed by atoms with Gasteiger partial charge in [0.05, 0.1) is 7.11 Å². The first-order valence-electron chi connectivity index (χ1n) is 5.30. The zero-order valence-electron chi connectivity index (χ0n) is 9.07. The normalized spacial score (nSPS) is 16.6. The molecule has 1 aliphatic rings. The second-order valence-electron chi connectivity index (χ2n) is 3.99. The molecule has 1 atom stereocenters. The summed E-state index contributed by atoms with van der Waals surface area (Å²) in [6.07, 6.45) is 2.07. The fourth-order valence-electron chi connectivity index (χ4n) is 1.65. The third-order valence-electron chi connectivity index (χ3n) is 2.71. The lowest BCUT2D eigenvalue weighted by molar-refractivity contribution is -0.142. The molecule has 1 aliphatic carbocycles. The van der Waals surface area contributed by atoms with Gasteiger partial charge in [0.2, 0.25) is 0 Å². The van der Waals surface area contributed by atoms with Crippen molar-refractivity contribution in [1.29, 1.82) is 0 Å². The first kappa shape index (κ1) is 10.9. The van der Waals surface area contributed by atoms with Crippen LogP contribution in [0, 0.1) is 11.7 Å². The molecule has 2 rings (SSSR count). The quantitative estimate of drug-likeness (QED) is 0.795. The predicted octanol–water partition coefficient (Wildman–Crippen LogP) is 2.19. The maximum Gasteiger partial charge on any atom is 0.328 e. The molecule has 3 nitrogen and oxygen atoms in total. The van der Waals surface area contributed by atoms with Gasteiger partial charge in [0.25, 0.3) is 0 Å². The van der Waals surface area contributed by atoms with Crippen LogP contribution in [0.25, 0.3) is 0 Å². The van der Waals surface area contributed by atoms with E-state index in [9.17, 15) is 9.18 Å². The second kappa shape index (κ2) is 4.51. The molecular formula is C12H14FNO2. The lowest BCUT2D eigenvalue weighted by atomic mass is 10.1. The highest BCUT2D eigenvalue weighted by Gasteiger charge is 2.36. The maximum absolute atomic E-state index is 12.7. The zero-order valence-corrected chi connectivity index (χ0v) is 9.07. The number of halogens is 1. The summed E-state index contributed by atoms with van der Waals surface area (Å²) >= 11 is 0. The highest BCUT2D eigenvalue weighted by molar-refractivity contribution is 5.80. The van der Waals surface area contributed by atoms with Gasteiger partial charge in [0, 0.05) is 5.69 Å². The van der Waals surface area contributed by atoms with Crippen LogP contribution in [0.1, 0.15) is 12.8 Å². The van der Waals surface area contributed by atoms with Crippen molar-refractivity contribution in [2.24, 2.45) is 5.92 Å². The van der Waals surface area contributed by atoms with Gasteiger partial charge in [0.1, 0.15) is 11.9 Å². The minimum atomic E-state index is -0.310. The monoisotopic (exact) mass is 223 g/mol. The Balaban J connectivity index is 2.05. The second-order valence-corrected chi connectivity index (χ2v) is 3.99. The fraction of sp³-hybridized carbons (Fsp3) is 0.417. The molecule has 1 aromatic rings. The van der Waals surface area contributed by atoms with E-state index in [1.165, 1.54) is 19.2 Å². The molecule has 0 heterocycles. The van der Waals surface area contributed by atoms with Crippen molar-refractivity contribution in [3.63, 3.8) is 0 Å². The lowest BCUT2D eigenvalue weighted by Crippen LogP contribution is -2.32. The van der Waals surface area contributed by atoms with Gasteiger partial charge in [-0.25, -0.2) is 9.18 Å². The molecule has 0 aliphatic heterocycles. The minimum Gasteiger partial charge on any atom is -0.467 e. The zero-order chi connectivity index (χ0) is 11.5. The van der Waals surface area contributed by atoms with E-state index >= 15 is 0 Å². The molecule has 16 heavy (non-hydrogen) atoms. The summed E-state index contributed by atoms with van der Waals surface area (Å²) in [6.45, 7) is 0. The van der Waals surface area contributed by atoms with E-state index in [2.05, 4.69) is 5.32 Å². The van der Waals surface area contributed by atoms with Crippen LogP contribution < -0.4 is 5.32 Å². The van der Waals surface area contributed by atoms with Crippen molar-refractivity contribution in [2.45, 2.75) is 18.9 Å². The molecule has 0 spiro atoms. The molecule has 0 aromatic heterocycles. The van der Waals surface area contributed by atoms with Crippen LogP contribution in [0.3, 0.4) is 0 Å². The van der Waals surface area contributed by atoms with Gasteiger partial charge in [-0.2, -0.15) is 0 Å². The number of nitrogens with one attached hydrogen (secondary N) is 1. The summed E-state index contributed by atoms with van der Waals surface area (Å²) < 4.78 is 17.4. The number of carbonyl (C=O) groups excluding carboxylic acids is 1. The Kier molecular flexibility index (Phi) is 3.08. The van der Waals surface area contributed by atoms with Crippen LogP contribution in [0.15, 0.2) is 24.3 Å². The van der Waals surface area contributed by atoms with Gasteiger partial charge in [-0.3, -0.25) is 0 Å². The molecule has 0 amide bonds. The number of ether oxygens (including phenoxy) is 1.